The van der Waals surface area contributed by atoms with Crippen molar-refractivity contribution < 1.29 is 0 Å². The average Bonchev–Trinajstić information content (AvgIpc) is 2.23. The van der Waals surface area contributed by atoms with Crippen molar-refractivity contribution in [2.45, 2.75) is 34.1 Å². The summed E-state index contributed by atoms with van der Waals surface area (Å²) in [4.78, 5) is 0. The first kappa shape index (κ1) is 16.0. The average molecular weight is 128 g/mol. The van der Waals surface area contributed by atoms with Gasteiger partial charge in [0.25, 0.3) is 0 Å². The molecule has 1 N–H and O–H groups in total. The van der Waals surface area contributed by atoms with E-state index in [1.807, 2.05) is 13.8 Å². The summed E-state index contributed by atoms with van der Waals surface area (Å²) in [7, 11) is 0. The molecule has 1 aliphatic heterocycles. The fraction of sp³-hybridized carbons (Fsp3) is 1.00. The van der Waals surface area contributed by atoms with Crippen molar-refractivity contribution in [3.05, 3.63) is 0 Å². The molecule has 0 unspecified atom stereocenters. The maximum Gasteiger partial charge on any atom is 0 e. The summed E-state index contributed by atoms with van der Waals surface area (Å²) in [5, 5.41) is 3.22. The molecule has 0 bridgehead atoms. The molecule has 1 nitrogen and oxygen atoms in total. The van der Waals surface area contributed by atoms with Gasteiger partial charge in [-0.25, -0.2) is 0 Å². The van der Waals surface area contributed by atoms with Crippen molar-refractivity contribution in [1.29, 1.82) is 0 Å². The van der Waals surface area contributed by atoms with E-state index in [9.17, 15) is 0 Å². The molecular weight excluding hydrogens is 109 g/mol. The molecule has 1 aliphatic rings. The summed E-state index contributed by atoms with van der Waals surface area (Å²) in [6.07, 6.45) is 2.78. The van der Waals surface area contributed by atoms with E-state index in [1.165, 1.54) is 25.9 Å². The summed E-state index contributed by atoms with van der Waals surface area (Å²) in [5.74, 6) is 0. The smallest absolute Gasteiger partial charge is 0 e. The van der Waals surface area contributed by atoms with E-state index in [2.05, 4.69) is 5.32 Å². The zero-order valence-electron chi connectivity index (χ0n) is 5.91. The molecule has 0 saturated carbocycles. The van der Waals surface area contributed by atoms with Gasteiger partial charge in [-0.2, -0.15) is 0 Å². The van der Waals surface area contributed by atoms with Crippen molar-refractivity contribution in [3.63, 3.8) is 0 Å². The highest BCUT2D eigenvalue weighted by Gasteiger charge is 1.93. The normalized spacial score (nSPS) is 14.0. The molecule has 0 spiro atoms. The van der Waals surface area contributed by atoms with Crippen molar-refractivity contribution in [2.24, 2.45) is 0 Å². The predicted octanol–water partition coefficient (Wildman–Crippen LogP) is 1.65. The third-order valence-electron chi connectivity index (χ3n) is 0.957. The lowest BCUT2D eigenvalue weighted by Gasteiger charge is -1.76. The third kappa shape index (κ3) is 11.5. The number of nitrogens with one attached hydrogen (secondary N) is 1. The molecule has 3 radical (unpaired) electrons. The maximum absolute atomic E-state index is 3.22. The predicted molar refractivity (Wildman–Crippen MR) is 45.9 cm³/mol. The Hall–Kier alpha value is 0.0249. The van der Waals surface area contributed by atoms with Gasteiger partial charge in [-0.3, -0.25) is 0 Å². The van der Waals surface area contributed by atoms with Crippen molar-refractivity contribution in [1.82, 2.24) is 5.32 Å². The number of hydrogen-bond acceptors (Lipinski definition) is 1. The molecule has 0 aromatic heterocycles. The first-order valence-electron chi connectivity index (χ1n) is 3.21. The molecule has 1 heterocycles. The molecule has 9 heavy (non-hydrogen) atoms. The van der Waals surface area contributed by atoms with Crippen LogP contribution in [0.5, 0.6) is 0 Å². The van der Waals surface area contributed by atoms with Crippen LogP contribution in [0.4, 0.5) is 0 Å². The monoisotopic (exact) mass is 128 g/mol. The van der Waals surface area contributed by atoms with Crippen LogP contribution in [0.2, 0.25) is 0 Å². The lowest BCUT2D eigenvalue weighted by molar-refractivity contribution is 0.857. The van der Waals surface area contributed by atoms with Crippen molar-refractivity contribution >= 4 is 8.41 Å². The van der Waals surface area contributed by atoms with Crippen LogP contribution in [-0.4, -0.2) is 21.5 Å². The van der Waals surface area contributed by atoms with E-state index < -0.39 is 0 Å². The first-order valence-corrected chi connectivity index (χ1v) is 3.21. The van der Waals surface area contributed by atoms with Gasteiger partial charge in [-0.15, -0.1) is 0 Å². The van der Waals surface area contributed by atoms with E-state index in [-0.39, 0.29) is 15.8 Å². The van der Waals surface area contributed by atoms with E-state index >= 15 is 0 Å². The topological polar surface area (TPSA) is 12.0 Å². The molecular formula is C7H19BN. The Morgan fingerprint density at radius 3 is 1.44 bits per heavy atom. The zero-order valence-corrected chi connectivity index (χ0v) is 5.91. The number of rotatable bonds is 0. The quantitative estimate of drug-likeness (QED) is 0.489. The largest absolute Gasteiger partial charge is 0.317 e. The lowest BCUT2D eigenvalue weighted by Crippen LogP contribution is -2.03. The number of hydrogen-bond donors (Lipinski definition) is 1. The van der Waals surface area contributed by atoms with Gasteiger partial charge in [0.05, 0.1) is 0 Å². The third-order valence-corrected chi connectivity index (χ3v) is 0.957. The highest BCUT2D eigenvalue weighted by Crippen LogP contribution is 1.90. The molecule has 0 aliphatic carbocycles. The molecule has 0 aromatic rings. The van der Waals surface area contributed by atoms with Crippen LogP contribution in [0.15, 0.2) is 0 Å². The van der Waals surface area contributed by atoms with Crippen LogP contribution in [0.1, 0.15) is 34.1 Å². The fourth-order valence-electron chi connectivity index (χ4n) is 0.625. The standard InChI is InChI=1S/C4H9N.C2H6.CH4.B/c1-2-4-5-3-1;1-2;;/h5H,1-4H2;1-2H3;1H4;. The maximum atomic E-state index is 3.22. The summed E-state index contributed by atoms with van der Waals surface area (Å²) in [5.41, 5.74) is 0. The molecule has 0 amide bonds. The molecule has 0 aromatic carbocycles. The Morgan fingerprint density at radius 2 is 1.33 bits per heavy atom. The lowest BCUT2D eigenvalue weighted by atomic mass is 10.4. The molecule has 55 valence electrons. The Balaban J connectivity index is -0.0000000836. The summed E-state index contributed by atoms with van der Waals surface area (Å²) in [6.45, 7) is 6.50. The van der Waals surface area contributed by atoms with E-state index in [1.54, 1.807) is 0 Å². The Labute approximate surface area is 61.8 Å². The fourth-order valence-corrected chi connectivity index (χ4v) is 0.625. The van der Waals surface area contributed by atoms with Gasteiger partial charge in [0.1, 0.15) is 0 Å². The second-order valence-electron chi connectivity index (χ2n) is 1.46. The molecule has 1 fully saturated rings. The summed E-state index contributed by atoms with van der Waals surface area (Å²) >= 11 is 0. The Morgan fingerprint density at radius 1 is 1.00 bits per heavy atom. The van der Waals surface area contributed by atoms with Gasteiger partial charge in [-0.05, 0) is 25.9 Å². The first-order chi connectivity index (χ1) is 3.50. The van der Waals surface area contributed by atoms with Gasteiger partial charge in [0.15, 0.2) is 0 Å². The van der Waals surface area contributed by atoms with E-state index in [0.29, 0.717) is 0 Å². The second kappa shape index (κ2) is 15.7. The molecule has 1 rings (SSSR count). The minimum atomic E-state index is 0. The highest BCUT2D eigenvalue weighted by atomic mass is 14.9. The highest BCUT2D eigenvalue weighted by molar-refractivity contribution is 5.75. The van der Waals surface area contributed by atoms with E-state index in [0.717, 1.165) is 0 Å². The van der Waals surface area contributed by atoms with Crippen molar-refractivity contribution in [3.8, 4) is 0 Å². The minimum absolute atomic E-state index is 0. The van der Waals surface area contributed by atoms with Gasteiger partial charge >= 0.3 is 0 Å². The van der Waals surface area contributed by atoms with Crippen LogP contribution in [0.25, 0.3) is 0 Å². The van der Waals surface area contributed by atoms with Crippen LogP contribution < -0.4 is 5.32 Å². The van der Waals surface area contributed by atoms with Gasteiger partial charge in [-0.1, -0.05) is 21.3 Å². The SMILES string of the molecule is C.C1CCNC1.CC.[B]. The second-order valence-corrected chi connectivity index (χ2v) is 1.46. The van der Waals surface area contributed by atoms with Crippen LogP contribution in [-0.2, 0) is 0 Å². The van der Waals surface area contributed by atoms with Crippen molar-refractivity contribution in [2.75, 3.05) is 13.1 Å². The van der Waals surface area contributed by atoms with E-state index in [4.69, 9.17) is 0 Å². The van der Waals surface area contributed by atoms with Crippen LogP contribution >= 0.6 is 0 Å². The molecule has 0 atom stereocenters. The van der Waals surface area contributed by atoms with Gasteiger partial charge < -0.3 is 5.32 Å². The Bertz CT molecular complexity index is 20.5. The molecule has 1 saturated heterocycles. The molecule has 2 heteroatoms. The summed E-state index contributed by atoms with van der Waals surface area (Å²) in [6, 6.07) is 0. The van der Waals surface area contributed by atoms with Crippen LogP contribution in [0, 0.1) is 0 Å². The van der Waals surface area contributed by atoms with Gasteiger partial charge in [0.2, 0.25) is 0 Å². The minimum Gasteiger partial charge on any atom is -0.317 e. The van der Waals surface area contributed by atoms with Crippen LogP contribution in [0.3, 0.4) is 0 Å². The Kier molecular flexibility index (Phi) is 27.9. The summed E-state index contributed by atoms with van der Waals surface area (Å²) < 4.78 is 0. The van der Waals surface area contributed by atoms with Gasteiger partial charge in [0, 0.05) is 8.41 Å². The zero-order chi connectivity index (χ0) is 5.54.